The maximum absolute atomic E-state index is 10.8. The molecule has 0 N–H and O–H groups in total. The largest absolute Gasteiger partial charge is 0.490 e. The molecule has 19 heavy (non-hydrogen) atoms. The minimum absolute atomic E-state index is 0.0954. The Balaban J connectivity index is 2.32. The second kappa shape index (κ2) is 5.71. The number of ether oxygens (including phenoxy) is 2. The van der Waals surface area contributed by atoms with Crippen molar-refractivity contribution in [3.63, 3.8) is 0 Å². The molecule has 0 spiro atoms. The lowest BCUT2D eigenvalue weighted by Gasteiger charge is -2.09. The van der Waals surface area contributed by atoms with E-state index < -0.39 is 4.92 Å². The molecule has 0 amide bonds. The van der Waals surface area contributed by atoms with Crippen LogP contribution in [0.25, 0.3) is 0 Å². The number of para-hydroxylation sites is 1. The summed E-state index contributed by atoms with van der Waals surface area (Å²) in [5.41, 5.74) is -0.0954. The van der Waals surface area contributed by atoms with Crippen molar-refractivity contribution in [2.24, 2.45) is 0 Å². The number of methoxy groups -OCH3 is 1. The first-order valence-corrected chi connectivity index (χ1v) is 6.16. The van der Waals surface area contributed by atoms with Crippen molar-refractivity contribution < 1.29 is 14.4 Å². The van der Waals surface area contributed by atoms with E-state index in [9.17, 15) is 10.1 Å². The van der Waals surface area contributed by atoms with Crippen LogP contribution in [0, 0.1) is 10.1 Å². The first kappa shape index (κ1) is 13.4. The Morgan fingerprint density at radius 2 is 1.89 bits per heavy atom. The molecule has 0 aliphatic heterocycles. The molecule has 0 radical (unpaired) electrons. The zero-order valence-electron chi connectivity index (χ0n) is 10.00. The zero-order valence-corrected chi connectivity index (χ0v) is 11.6. The van der Waals surface area contributed by atoms with Gasteiger partial charge in [-0.25, -0.2) is 0 Å². The van der Waals surface area contributed by atoms with Gasteiger partial charge in [0.15, 0.2) is 0 Å². The summed E-state index contributed by atoms with van der Waals surface area (Å²) in [6, 6.07) is 11.7. The highest BCUT2D eigenvalue weighted by Gasteiger charge is 2.15. The molecule has 0 saturated carbocycles. The summed E-state index contributed by atoms with van der Waals surface area (Å²) in [7, 11) is 1.38. The Bertz CT molecular complexity index is 615. The molecular weight excluding hydrogens is 314 g/mol. The van der Waals surface area contributed by atoms with Gasteiger partial charge in [0.1, 0.15) is 11.5 Å². The van der Waals surface area contributed by atoms with Gasteiger partial charge >= 0.3 is 5.69 Å². The molecule has 0 unspecified atom stereocenters. The van der Waals surface area contributed by atoms with Gasteiger partial charge in [-0.15, -0.1) is 0 Å². The summed E-state index contributed by atoms with van der Waals surface area (Å²) < 4.78 is 11.4. The van der Waals surface area contributed by atoms with E-state index >= 15 is 0 Å². The van der Waals surface area contributed by atoms with E-state index in [2.05, 4.69) is 15.9 Å². The molecule has 2 aromatic carbocycles. The molecule has 0 saturated heterocycles. The van der Waals surface area contributed by atoms with Gasteiger partial charge < -0.3 is 9.47 Å². The Labute approximate surface area is 118 Å². The Morgan fingerprint density at radius 1 is 1.16 bits per heavy atom. The van der Waals surface area contributed by atoms with Crippen LogP contribution in [0.3, 0.4) is 0 Å². The lowest BCUT2D eigenvalue weighted by molar-refractivity contribution is -0.385. The fraction of sp³-hybridized carbons (Fsp3) is 0.0769. The van der Waals surface area contributed by atoms with Crippen LogP contribution >= 0.6 is 15.9 Å². The van der Waals surface area contributed by atoms with Gasteiger partial charge in [0.25, 0.3) is 0 Å². The van der Waals surface area contributed by atoms with Crippen LogP contribution in [0.5, 0.6) is 17.2 Å². The van der Waals surface area contributed by atoms with Crippen molar-refractivity contribution in [3.8, 4) is 17.2 Å². The lowest BCUT2D eigenvalue weighted by atomic mass is 10.2. The molecule has 0 aromatic heterocycles. The van der Waals surface area contributed by atoms with Crippen LogP contribution in [0.15, 0.2) is 46.9 Å². The van der Waals surface area contributed by atoms with Gasteiger partial charge in [-0.05, 0) is 34.1 Å². The van der Waals surface area contributed by atoms with Crippen LogP contribution < -0.4 is 9.47 Å². The molecule has 5 nitrogen and oxygen atoms in total. The molecule has 98 valence electrons. The third-order valence-electron chi connectivity index (χ3n) is 2.41. The predicted molar refractivity (Wildman–Crippen MR) is 73.9 cm³/mol. The molecule has 6 heteroatoms. The summed E-state index contributed by atoms with van der Waals surface area (Å²) in [5.74, 6) is 1.25. The van der Waals surface area contributed by atoms with E-state index in [0.717, 1.165) is 4.47 Å². The van der Waals surface area contributed by atoms with Gasteiger partial charge in [0.2, 0.25) is 5.75 Å². The van der Waals surface area contributed by atoms with Crippen molar-refractivity contribution in [1.29, 1.82) is 0 Å². The van der Waals surface area contributed by atoms with Gasteiger partial charge in [0.05, 0.1) is 16.5 Å². The first-order valence-electron chi connectivity index (χ1n) is 5.36. The number of hydrogen-bond acceptors (Lipinski definition) is 4. The van der Waals surface area contributed by atoms with E-state index in [4.69, 9.17) is 9.47 Å². The SMILES string of the molecule is COc1cc(Oc2ccccc2Br)ccc1[N+](=O)[O-]. The third kappa shape index (κ3) is 3.03. The number of rotatable bonds is 4. The van der Waals surface area contributed by atoms with Crippen molar-refractivity contribution >= 4 is 21.6 Å². The van der Waals surface area contributed by atoms with Crippen LogP contribution in [-0.4, -0.2) is 12.0 Å². The zero-order chi connectivity index (χ0) is 13.8. The second-order valence-corrected chi connectivity index (χ2v) is 4.48. The van der Waals surface area contributed by atoms with E-state index in [1.165, 1.54) is 25.3 Å². The summed E-state index contributed by atoms with van der Waals surface area (Å²) >= 11 is 3.36. The minimum atomic E-state index is -0.499. The first-order chi connectivity index (χ1) is 9.11. The highest BCUT2D eigenvalue weighted by molar-refractivity contribution is 9.10. The van der Waals surface area contributed by atoms with Gasteiger partial charge in [0, 0.05) is 12.1 Å². The molecule has 2 rings (SSSR count). The normalized spacial score (nSPS) is 10.0. The number of nitro groups is 1. The van der Waals surface area contributed by atoms with E-state index in [1.807, 2.05) is 18.2 Å². The smallest absolute Gasteiger partial charge is 0.311 e. The molecule has 2 aromatic rings. The number of nitro benzene ring substituents is 1. The number of hydrogen-bond donors (Lipinski definition) is 0. The average molecular weight is 324 g/mol. The monoisotopic (exact) mass is 323 g/mol. The van der Waals surface area contributed by atoms with Gasteiger partial charge in [-0.2, -0.15) is 0 Å². The fourth-order valence-corrected chi connectivity index (χ4v) is 1.89. The predicted octanol–water partition coefficient (Wildman–Crippen LogP) is 4.16. The Kier molecular flexibility index (Phi) is 4.01. The van der Waals surface area contributed by atoms with Crippen molar-refractivity contribution in [1.82, 2.24) is 0 Å². The maximum atomic E-state index is 10.8. The van der Waals surface area contributed by atoms with Gasteiger partial charge in [-0.1, -0.05) is 12.1 Å². The van der Waals surface area contributed by atoms with Crippen LogP contribution in [-0.2, 0) is 0 Å². The standard InChI is InChI=1S/C13H10BrNO4/c1-18-13-8-9(6-7-11(13)15(16)17)19-12-5-3-2-4-10(12)14/h2-8H,1H3. The van der Waals surface area contributed by atoms with E-state index in [1.54, 1.807) is 6.07 Å². The summed E-state index contributed by atoms with van der Waals surface area (Å²) in [4.78, 5) is 10.3. The van der Waals surface area contributed by atoms with Crippen LogP contribution in [0.2, 0.25) is 0 Å². The molecule has 0 atom stereocenters. The molecule has 0 aliphatic carbocycles. The number of benzene rings is 2. The summed E-state index contributed by atoms with van der Waals surface area (Å²) in [6.45, 7) is 0. The van der Waals surface area contributed by atoms with E-state index in [-0.39, 0.29) is 11.4 Å². The average Bonchev–Trinajstić information content (AvgIpc) is 2.41. The Morgan fingerprint density at radius 3 is 2.53 bits per heavy atom. The summed E-state index contributed by atoms with van der Waals surface area (Å²) in [6.07, 6.45) is 0. The number of nitrogens with zero attached hydrogens (tertiary/aromatic N) is 1. The second-order valence-electron chi connectivity index (χ2n) is 3.62. The summed E-state index contributed by atoms with van der Waals surface area (Å²) in [5, 5.41) is 10.8. The van der Waals surface area contributed by atoms with Crippen LogP contribution in [0.1, 0.15) is 0 Å². The van der Waals surface area contributed by atoms with Crippen molar-refractivity contribution in [2.45, 2.75) is 0 Å². The molecular formula is C13H10BrNO4. The molecule has 0 heterocycles. The lowest BCUT2D eigenvalue weighted by Crippen LogP contribution is -1.94. The molecule has 0 aliphatic rings. The molecule has 0 bridgehead atoms. The maximum Gasteiger partial charge on any atom is 0.311 e. The molecule has 0 fully saturated rings. The van der Waals surface area contributed by atoms with Crippen molar-refractivity contribution in [2.75, 3.05) is 7.11 Å². The van der Waals surface area contributed by atoms with Crippen LogP contribution in [0.4, 0.5) is 5.69 Å². The van der Waals surface area contributed by atoms with Gasteiger partial charge in [-0.3, -0.25) is 10.1 Å². The minimum Gasteiger partial charge on any atom is -0.490 e. The Hall–Kier alpha value is -2.08. The number of halogens is 1. The quantitative estimate of drug-likeness (QED) is 0.626. The highest BCUT2D eigenvalue weighted by atomic mass is 79.9. The fourth-order valence-electron chi connectivity index (χ4n) is 1.53. The van der Waals surface area contributed by atoms with E-state index in [0.29, 0.717) is 11.5 Å². The third-order valence-corrected chi connectivity index (χ3v) is 3.07. The topological polar surface area (TPSA) is 61.6 Å². The van der Waals surface area contributed by atoms with Crippen molar-refractivity contribution in [3.05, 3.63) is 57.1 Å². The highest BCUT2D eigenvalue weighted by Crippen LogP contribution is 2.35.